The zero-order valence-electron chi connectivity index (χ0n) is 11.3. The summed E-state index contributed by atoms with van der Waals surface area (Å²) in [5.74, 6) is -1.70. The molecule has 2 amide bonds. The van der Waals surface area contributed by atoms with Crippen LogP contribution in [-0.4, -0.2) is 29.2 Å². The molecule has 0 spiro atoms. The highest BCUT2D eigenvalue weighted by molar-refractivity contribution is 6.00. The SMILES string of the molecule is CC(NC(=O)c1cc2ccc(OC(F)(F)F)cc2[nH]1)C(N)=O. The van der Waals surface area contributed by atoms with Gasteiger partial charge in [-0.1, -0.05) is 0 Å². The van der Waals surface area contributed by atoms with Gasteiger partial charge in [-0.25, -0.2) is 0 Å². The number of carbonyl (C=O) groups excluding carboxylic acids is 2. The van der Waals surface area contributed by atoms with E-state index in [0.29, 0.717) is 10.9 Å². The maximum Gasteiger partial charge on any atom is 0.573 e. The number of nitrogens with two attached hydrogens (primary N) is 1. The summed E-state index contributed by atoms with van der Waals surface area (Å²) in [5.41, 5.74) is 5.41. The molecular formula is C13H12F3N3O3. The van der Waals surface area contributed by atoms with E-state index in [2.05, 4.69) is 15.0 Å². The summed E-state index contributed by atoms with van der Waals surface area (Å²) in [7, 11) is 0. The van der Waals surface area contributed by atoms with Crippen LogP contribution in [0.5, 0.6) is 5.75 Å². The van der Waals surface area contributed by atoms with E-state index in [1.165, 1.54) is 19.1 Å². The van der Waals surface area contributed by atoms with Crippen LogP contribution in [0.1, 0.15) is 17.4 Å². The van der Waals surface area contributed by atoms with Crippen LogP contribution in [-0.2, 0) is 4.79 Å². The number of aromatic amines is 1. The number of halogens is 3. The van der Waals surface area contributed by atoms with Gasteiger partial charge < -0.3 is 20.8 Å². The maximum atomic E-state index is 12.2. The predicted octanol–water partition coefficient (Wildman–Crippen LogP) is 1.67. The number of carbonyl (C=O) groups is 2. The van der Waals surface area contributed by atoms with Crippen LogP contribution >= 0.6 is 0 Å². The lowest BCUT2D eigenvalue weighted by molar-refractivity contribution is -0.274. The van der Waals surface area contributed by atoms with E-state index in [1.807, 2.05) is 0 Å². The Hall–Kier alpha value is -2.71. The molecule has 0 aliphatic rings. The van der Waals surface area contributed by atoms with E-state index in [0.717, 1.165) is 12.1 Å². The van der Waals surface area contributed by atoms with Crippen molar-refractivity contribution < 1.29 is 27.5 Å². The number of alkyl halides is 3. The van der Waals surface area contributed by atoms with Crippen LogP contribution < -0.4 is 15.8 Å². The molecule has 0 aliphatic carbocycles. The van der Waals surface area contributed by atoms with Crippen molar-refractivity contribution in [2.45, 2.75) is 19.3 Å². The Labute approximate surface area is 122 Å². The van der Waals surface area contributed by atoms with Crippen molar-refractivity contribution >= 4 is 22.7 Å². The van der Waals surface area contributed by atoms with E-state index in [4.69, 9.17) is 5.73 Å². The van der Waals surface area contributed by atoms with E-state index >= 15 is 0 Å². The first-order valence-electron chi connectivity index (χ1n) is 6.14. The lowest BCUT2D eigenvalue weighted by Gasteiger charge is -2.08. The first-order chi connectivity index (χ1) is 10.2. The molecule has 22 heavy (non-hydrogen) atoms. The number of ether oxygens (including phenoxy) is 1. The number of hydrogen-bond donors (Lipinski definition) is 3. The highest BCUT2D eigenvalue weighted by atomic mass is 19.4. The third-order valence-electron chi connectivity index (χ3n) is 2.85. The fourth-order valence-corrected chi connectivity index (χ4v) is 1.77. The van der Waals surface area contributed by atoms with Gasteiger partial charge in [0.1, 0.15) is 17.5 Å². The molecule has 0 aliphatic heterocycles. The van der Waals surface area contributed by atoms with Gasteiger partial charge in [-0.2, -0.15) is 0 Å². The smallest absolute Gasteiger partial charge is 0.406 e. The van der Waals surface area contributed by atoms with Crippen LogP contribution in [0.2, 0.25) is 0 Å². The van der Waals surface area contributed by atoms with Gasteiger partial charge in [0.2, 0.25) is 5.91 Å². The third kappa shape index (κ3) is 3.68. The number of fused-ring (bicyclic) bond motifs is 1. The summed E-state index contributed by atoms with van der Waals surface area (Å²) in [6.45, 7) is 1.41. The van der Waals surface area contributed by atoms with Crippen molar-refractivity contribution in [3.05, 3.63) is 30.0 Å². The van der Waals surface area contributed by atoms with Gasteiger partial charge in [0.15, 0.2) is 0 Å². The largest absolute Gasteiger partial charge is 0.573 e. The summed E-state index contributed by atoms with van der Waals surface area (Å²) in [4.78, 5) is 25.4. The number of aromatic nitrogens is 1. The predicted molar refractivity (Wildman–Crippen MR) is 71.1 cm³/mol. The minimum absolute atomic E-state index is 0.0901. The minimum atomic E-state index is -4.79. The molecule has 1 unspecified atom stereocenters. The van der Waals surface area contributed by atoms with Crippen LogP contribution in [0.4, 0.5) is 13.2 Å². The summed E-state index contributed by atoms with van der Waals surface area (Å²) in [6, 6.07) is 4.20. The molecule has 0 fully saturated rings. The van der Waals surface area contributed by atoms with Gasteiger partial charge in [-0.05, 0) is 25.1 Å². The van der Waals surface area contributed by atoms with Crippen molar-refractivity contribution in [2.75, 3.05) is 0 Å². The molecule has 0 saturated carbocycles. The molecule has 6 nitrogen and oxygen atoms in total. The molecule has 1 aromatic heterocycles. The van der Waals surface area contributed by atoms with Crippen LogP contribution in [0.3, 0.4) is 0 Å². The molecule has 1 atom stereocenters. The van der Waals surface area contributed by atoms with E-state index in [-0.39, 0.29) is 5.69 Å². The molecule has 9 heteroatoms. The fourth-order valence-electron chi connectivity index (χ4n) is 1.77. The van der Waals surface area contributed by atoms with Gasteiger partial charge in [0.25, 0.3) is 5.91 Å². The minimum Gasteiger partial charge on any atom is -0.406 e. The van der Waals surface area contributed by atoms with Crippen molar-refractivity contribution in [2.24, 2.45) is 5.73 Å². The summed E-state index contributed by atoms with van der Waals surface area (Å²) >= 11 is 0. The Morgan fingerprint density at radius 3 is 2.59 bits per heavy atom. The molecule has 0 radical (unpaired) electrons. The van der Waals surface area contributed by atoms with Crippen molar-refractivity contribution in [3.63, 3.8) is 0 Å². The molecule has 0 saturated heterocycles. The fraction of sp³-hybridized carbons (Fsp3) is 0.231. The molecule has 1 heterocycles. The second-order valence-electron chi connectivity index (χ2n) is 4.58. The highest BCUT2D eigenvalue weighted by Gasteiger charge is 2.31. The number of H-pyrrole nitrogens is 1. The number of hydrogen-bond acceptors (Lipinski definition) is 3. The number of primary amides is 1. The lowest BCUT2D eigenvalue weighted by Crippen LogP contribution is -2.42. The summed E-state index contributed by atoms with van der Waals surface area (Å²) in [6.07, 6.45) is -4.79. The quantitative estimate of drug-likeness (QED) is 0.800. The van der Waals surface area contributed by atoms with Crippen LogP contribution in [0, 0.1) is 0 Å². The van der Waals surface area contributed by atoms with E-state index in [9.17, 15) is 22.8 Å². The average molecular weight is 315 g/mol. The molecule has 118 valence electrons. The maximum absolute atomic E-state index is 12.2. The molecule has 4 N–H and O–H groups in total. The molecule has 1 aromatic carbocycles. The Bertz CT molecular complexity index is 724. The second kappa shape index (κ2) is 5.58. The number of benzene rings is 1. The van der Waals surface area contributed by atoms with Gasteiger partial charge >= 0.3 is 6.36 Å². The van der Waals surface area contributed by atoms with Crippen LogP contribution in [0.25, 0.3) is 10.9 Å². The standard InChI is InChI=1S/C13H12F3N3O3/c1-6(11(17)20)18-12(21)10-4-7-2-3-8(5-9(7)19-10)22-13(14,15)16/h2-6,19H,1H3,(H2,17,20)(H,18,21). The average Bonchev–Trinajstić information content (AvgIpc) is 2.79. The second-order valence-corrected chi connectivity index (χ2v) is 4.58. The van der Waals surface area contributed by atoms with Gasteiger partial charge in [-0.3, -0.25) is 9.59 Å². The Kier molecular flexibility index (Phi) is 3.98. The van der Waals surface area contributed by atoms with Gasteiger partial charge in [-0.15, -0.1) is 13.2 Å². The number of nitrogens with one attached hydrogen (secondary N) is 2. The monoisotopic (exact) mass is 315 g/mol. The molecule has 2 rings (SSSR count). The first-order valence-corrected chi connectivity index (χ1v) is 6.14. The normalized spacial score (nSPS) is 12.9. The highest BCUT2D eigenvalue weighted by Crippen LogP contribution is 2.26. The van der Waals surface area contributed by atoms with Gasteiger partial charge in [0.05, 0.1) is 0 Å². The third-order valence-corrected chi connectivity index (χ3v) is 2.85. The Balaban J connectivity index is 2.23. The lowest BCUT2D eigenvalue weighted by atomic mass is 10.2. The number of amides is 2. The zero-order valence-corrected chi connectivity index (χ0v) is 11.3. The number of rotatable bonds is 4. The van der Waals surface area contributed by atoms with E-state index < -0.39 is 30.0 Å². The van der Waals surface area contributed by atoms with Gasteiger partial charge in [0, 0.05) is 17.0 Å². The van der Waals surface area contributed by atoms with Crippen LogP contribution in [0.15, 0.2) is 24.3 Å². The zero-order chi connectivity index (χ0) is 16.5. The van der Waals surface area contributed by atoms with Crippen molar-refractivity contribution in [1.82, 2.24) is 10.3 Å². The topological polar surface area (TPSA) is 97.2 Å². The Morgan fingerprint density at radius 2 is 2.00 bits per heavy atom. The van der Waals surface area contributed by atoms with E-state index in [1.54, 1.807) is 0 Å². The summed E-state index contributed by atoms with van der Waals surface area (Å²) in [5, 5.41) is 2.87. The molecule has 0 bridgehead atoms. The first kappa shape index (κ1) is 15.7. The van der Waals surface area contributed by atoms with Crippen molar-refractivity contribution in [1.29, 1.82) is 0 Å². The molecular weight excluding hydrogens is 303 g/mol. The van der Waals surface area contributed by atoms with Crippen molar-refractivity contribution in [3.8, 4) is 5.75 Å². The molecule has 2 aromatic rings. The summed E-state index contributed by atoms with van der Waals surface area (Å²) < 4.78 is 40.3. The Morgan fingerprint density at radius 1 is 1.32 bits per heavy atom.